The van der Waals surface area contributed by atoms with E-state index in [4.69, 9.17) is 0 Å². The first-order valence-electron chi connectivity index (χ1n) is 12.8. The smallest absolute Gasteiger partial charge is 0.254 e. The maximum Gasteiger partial charge on any atom is 0.254 e. The van der Waals surface area contributed by atoms with Crippen molar-refractivity contribution >= 4 is 16.6 Å². The molecular formula is C28H32N6O. The highest BCUT2D eigenvalue weighted by molar-refractivity contribution is 5.81. The van der Waals surface area contributed by atoms with Crippen molar-refractivity contribution < 1.29 is 0 Å². The quantitative estimate of drug-likeness (QED) is 0.447. The van der Waals surface area contributed by atoms with E-state index in [9.17, 15) is 4.79 Å². The first-order valence-corrected chi connectivity index (χ1v) is 12.8. The zero-order valence-electron chi connectivity index (χ0n) is 20.7. The molecule has 7 nitrogen and oxygen atoms in total. The maximum atomic E-state index is 13.7. The van der Waals surface area contributed by atoms with Crippen molar-refractivity contribution in [3.8, 4) is 0 Å². The van der Waals surface area contributed by atoms with Gasteiger partial charge in [0.1, 0.15) is 6.04 Å². The molecule has 1 saturated carbocycles. The Labute approximate surface area is 205 Å². The number of H-pyrrole nitrogens is 1. The van der Waals surface area contributed by atoms with Crippen LogP contribution in [0.5, 0.6) is 0 Å². The number of para-hydroxylation sites is 1. The summed E-state index contributed by atoms with van der Waals surface area (Å²) in [5.74, 6) is 0.758. The van der Waals surface area contributed by atoms with Gasteiger partial charge in [0.25, 0.3) is 5.56 Å². The van der Waals surface area contributed by atoms with Crippen molar-refractivity contribution in [3.63, 3.8) is 0 Å². The normalized spacial score (nSPS) is 19.3. The molecule has 0 amide bonds. The summed E-state index contributed by atoms with van der Waals surface area (Å²) in [5.41, 5.74) is 6.30. The molecule has 7 heteroatoms. The van der Waals surface area contributed by atoms with Crippen molar-refractivity contribution in [1.82, 2.24) is 25.2 Å². The van der Waals surface area contributed by atoms with Crippen molar-refractivity contribution in [2.75, 3.05) is 4.90 Å². The van der Waals surface area contributed by atoms with Gasteiger partial charge in [-0.1, -0.05) is 37.5 Å². The van der Waals surface area contributed by atoms with E-state index in [2.05, 4.69) is 88.6 Å². The highest BCUT2D eigenvalue weighted by Crippen LogP contribution is 2.41. The van der Waals surface area contributed by atoms with Crippen LogP contribution in [0.4, 0.5) is 5.69 Å². The number of nitrogens with one attached hydrogen (secondary N) is 1. The van der Waals surface area contributed by atoms with E-state index >= 15 is 0 Å². The molecule has 0 unspecified atom stereocenters. The third-order valence-corrected chi connectivity index (χ3v) is 8.00. The number of nitrogens with zero attached hydrogens (tertiary/aromatic N) is 5. The number of anilines is 1. The van der Waals surface area contributed by atoms with Crippen LogP contribution in [0.3, 0.4) is 0 Å². The second-order valence-corrected chi connectivity index (χ2v) is 10.3. The third kappa shape index (κ3) is 3.74. The van der Waals surface area contributed by atoms with Gasteiger partial charge in [-0.2, -0.15) is 0 Å². The number of hydrogen-bond donors (Lipinski definition) is 1. The Balaban J connectivity index is 1.57. The van der Waals surface area contributed by atoms with Crippen molar-refractivity contribution in [2.24, 2.45) is 0 Å². The SMILES string of the molecule is Cc1cc2cc([C@H](c3nnnn3C3CCCCC3)N3c4ccccc4C[C@@H]3C)c(=O)[nH]c2cc1C. The average molecular weight is 469 g/mol. The van der Waals surface area contributed by atoms with E-state index in [1.165, 1.54) is 36.0 Å². The molecule has 1 fully saturated rings. The first kappa shape index (κ1) is 22.0. The van der Waals surface area contributed by atoms with E-state index in [0.29, 0.717) is 5.56 Å². The summed E-state index contributed by atoms with van der Waals surface area (Å²) in [7, 11) is 0. The minimum absolute atomic E-state index is 0.0828. The molecule has 180 valence electrons. The van der Waals surface area contributed by atoms with E-state index in [1.54, 1.807) is 0 Å². The number of aromatic amines is 1. The molecule has 1 N–H and O–H groups in total. The number of tetrazole rings is 1. The molecule has 2 aromatic carbocycles. The minimum Gasteiger partial charge on any atom is -0.354 e. The summed E-state index contributed by atoms with van der Waals surface area (Å²) in [6, 6.07) is 14.9. The van der Waals surface area contributed by atoms with Gasteiger partial charge in [-0.05, 0) is 96.8 Å². The Morgan fingerprint density at radius 1 is 1.03 bits per heavy atom. The van der Waals surface area contributed by atoms with Crippen LogP contribution in [-0.4, -0.2) is 31.2 Å². The summed E-state index contributed by atoms with van der Waals surface area (Å²) in [6.45, 7) is 6.41. The predicted octanol–water partition coefficient (Wildman–Crippen LogP) is 5.18. The molecule has 4 aromatic rings. The van der Waals surface area contributed by atoms with Crippen LogP contribution in [0.25, 0.3) is 10.9 Å². The maximum absolute atomic E-state index is 13.7. The third-order valence-electron chi connectivity index (χ3n) is 8.00. The van der Waals surface area contributed by atoms with Crippen LogP contribution in [0.2, 0.25) is 0 Å². The standard InChI is InChI=1S/C28H32N6O/c1-17-13-21-16-23(28(35)29-24(21)14-18(17)2)26(33-19(3)15-20-9-7-8-12-25(20)33)27-30-31-32-34(27)22-10-5-4-6-11-22/h7-9,12-14,16,19,22,26H,4-6,10-11,15H2,1-3H3,(H,29,35)/t19-,26+/m0/s1. The van der Waals surface area contributed by atoms with E-state index in [1.807, 2.05) is 4.68 Å². The lowest BCUT2D eigenvalue weighted by Gasteiger charge is -2.34. The summed E-state index contributed by atoms with van der Waals surface area (Å²) < 4.78 is 2.02. The number of aryl methyl sites for hydroxylation is 2. The Kier molecular flexibility index (Phi) is 5.43. The fourth-order valence-corrected chi connectivity index (χ4v) is 6.06. The molecule has 0 saturated heterocycles. The average Bonchev–Trinajstić information content (AvgIpc) is 3.46. The number of pyridine rings is 1. The van der Waals surface area contributed by atoms with Crippen LogP contribution in [0.1, 0.15) is 79.2 Å². The monoisotopic (exact) mass is 468 g/mol. The second-order valence-electron chi connectivity index (χ2n) is 10.3. The Morgan fingerprint density at radius 2 is 1.80 bits per heavy atom. The Bertz CT molecular complexity index is 1450. The van der Waals surface area contributed by atoms with Crippen LogP contribution in [0, 0.1) is 13.8 Å². The lowest BCUT2D eigenvalue weighted by Crippen LogP contribution is -2.39. The van der Waals surface area contributed by atoms with Crippen molar-refractivity contribution in [2.45, 2.75) is 77.4 Å². The second kappa shape index (κ2) is 8.63. The van der Waals surface area contributed by atoms with Gasteiger partial charge in [0.05, 0.1) is 6.04 Å². The summed E-state index contributed by atoms with van der Waals surface area (Å²) in [4.78, 5) is 19.2. The van der Waals surface area contributed by atoms with Gasteiger partial charge in [0.2, 0.25) is 0 Å². The van der Waals surface area contributed by atoms with Crippen molar-refractivity contribution in [3.05, 3.63) is 80.9 Å². The van der Waals surface area contributed by atoms with Gasteiger partial charge in [0.15, 0.2) is 5.82 Å². The Morgan fingerprint density at radius 3 is 2.63 bits per heavy atom. The molecule has 0 bridgehead atoms. The van der Waals surface area contributed by atoms with Gasteiger partial charge in [0, 0.05) is 22.8 Å². The van der Waals surface area contributed by atoms with Crippen LogP contribution in [-0.2, 0) is 6.42 Å². The summed E-state index contributed by atoms with van der Waals surface area (Å²) in [6.07, 6.45) is 6.71. The molecule has 0 spiro atoms. The van der Waals surface area contributed by atoms with Gasteiger partial charge in [-0.3, -0.25) is 4.79 Å². The Hall–Kier alpha value is -3.48. The summed E-state index contributed by atoms with van der Waals surface area (Å²) >= 11 is 0. The zero-order chi connectivity index (χ0) is 24.1. The van der Waals surface area contributed by atoms with Gasteiger partial charge < -0.3 is 9.88 Å². The zero-order valence-corrected chi connectivity index (χ0v) is 20.7. The molecule has 2 aliphatic rings. The van der Waals surface area contributed by atoms with Crippen LogP contribution < -0.4 is 10.5 Å². The predicted molar refractivity (Wildman–Crippen MR) is 138 cm³/mol. The number of fused-ring (bicyclic) bond motifs is 2. The minimum atomic E-state index is -0.375. The lowest BCUT2D eigenvalue weighted by molar-refractivity contribution is 0.312. The number of rotatable bonds is 4. The molecule has 3 heterocycles. The molecule has 0 radical (unpaired) electrons. The molecule has 35 heavy (non-hydrogen) atoms. The molecule has 2 aromatic heterocycles. The molecule has 1 aliphatic heterocycles. The van der Waals surface area contributed by atoms with Gasteiger partial charge >= 0.3 is 0 Å². The summed E-state index contributed by atoms with van der Waals surface area (Å²) in [5, 5.41) is 14.2. The number of aromatic nitrogens is 5. The molecule has 1 aliphatic carbocycles. The fourth-order valence-electron chi connectivity index (χ4n) is 6.06. The number of benzene rings is 2. The number of hydrogen-bond acceptors (Lipinski definition) is 5. The highest BCUT2D eigenvalue weighted by atomic mass is 16.1. The molecule has 6 rings (SSSR count). The lowest BCUT2D eigenvalue weighted by atomic mass is 9.94. The van der Waals surface area contributed by atoms with Crippen molar-refractivity contribution in [1.29, 1.82) is 0 Å². The first-order chi connectivity index (χ1) is 17.0. The van der Waals surface area contributed by atoms with Gasteiger partial charge in [-0.25, -0.2) is 4.68 Å². The largest absolute Gasteiger partial charge is 0.354 e. The fraction of sp³-hybridized carbons (Fsp3) is 0.429. The van der Waals surface area contributed by atoms with Gasteiger partial charge in [-0.15, -0.1) is 5.10 Å². The van der Waals surface area contributed by atoms with Crippen LogP contribution in [0.15, 0.2) is 47.3 Å². The topological polar surface area (TPSA) is 79.7 Å². The molecule has 2 atom stereocenters. The van der Waals surface area contributed by atoms with E-state index in [-0.39, 0.29) is 23.7 Å². The highest BCUT2D eigenvalue weighted by Gasteiger charge is 2.38. The molecular weight excluding hydrogens is 436 g/mol. The van der Waals surface area contributed by atoms with Crippen LogP contribution >= 0.6 is 0 Å². The van der Waals surface area contributed by atoms with E-state index in [0.717, 1.165) is 41.7 Å². The van der Waals surface area contributed by atoms with E-state index < -0.39 is 0 Å².